The molecule has 1 fully saturated rings. The summed E-state index contributed by atoms with van der Waals surface area (Å²) in [5.41, 5.74) is 3.06. The smallest absolute Gasteiger partial charge is 0.0587 e. The van der Waals surface area contributed by atoms with Crippen molar-refractivity contribution in [1.82, 2.24) is 5.32 Å². The topological polar surface area (TPSA) is 21.3 Å². The Balaban J connectivity index is 1.40. The molecule has 2 aliphatic rings. The molecule has 1 N–H and O–H groups in total. The molecule has 2 heteroatoms. The molecule has 1 aliphatic carbocycles. The van der Waals surface area contributed by atoms with Crippen LogP contribution in [0.5, 0.6) is 0 Å². The Labute approximate surface area is 110 Å². The summed E-state index contributed by atoms with van der Waals surface area (Å²) in [7, 11) is 0. The van der Waals surface area contributed by atoms with Gasteiger partial charge in [-0.3, -0.25) is 0 Å². The first-order valence-corrected chi connectivity index (χ1v) is 7.33. The molecular formula is C16H23NO. The zero-order valence-electron chi connectivity index (χ0n) is 11.0. The Morgan fingerprint density at radius 1 is 1.11 bits per heavy atom. The maximum absolute atomic E-state index is 5.76. The zero-order valence-corrected chi connectivity index (χ0v) is 11.0. The summed E-state index contributed by atoms with van der Waals surface area (Å²) in [6.45, 7) is 2.07. The van der Waals surface area contributed by atoms with Gasteiger partial charge in [-0.25, -0.2) is 0 Å². The van der Waals surface area contributed by atoms with E-state index in [1.807, 2.05) is 0 Å². The van der Waals surface area contributed by atoms with E-state index in [-0.39, 0.29) is 0 Å². The van der Waals surface area contributed by atoms with Crippen LogP contribution in [0.4, 0.5) is 0 Å². The number of fused-ring (bicyclic) bond motifs is 1. The molecule has 0 amide bonds. The normalized spacial score (nSPS) is 24.1. The third-order valence-corrected chi connectivity index (χ3v) is 4.22. The molecule has 18 heavy (non-hydrogen) atoms. The summed E-state index contributed by atoms with van der Waals surface area (Å²) in [6.07, 6.45) is 7.93. The number of nitrogens with one attached hydrogen (secondary N) is 1. The molecule has 0 spiro atoms. The molecule has 1 aromatic carbocycles. The second-order valence-corrected chi connectivity index (χ2v) is 5.61. The first kappa shape index (κ1) is 12.2. The second-order valence-electron chi connectivity index (χ2n) is 5.61. The van der Waals surface area contributed by atoms with E-state index in [0.29, 0.717) is 12.1 Å². The highest BCUT2D eigenvalue weighted by atomic mass is 16.5. The van der Waals surface area contributed by atoms with Crippen LogP contribution < -0.4 is 5.32 Å². The van der Waals surface area contributed by atoms with Crippen molar-refractivity contribution in [3.8, 4) is 0 Å². The van der Waals surface area contributed by atoms with Crippen molar-refractivity contribution in [1.29, 1.82) is 0 Å². The lowest BCUT2D eigenvalue weighted by Crippen LogP contribution is -2.33. The minimum absolute atomic E-state index is 0.509. The van der Waals surface area contributed by atoms with E-state index >= 15 is 0 Å². The first-order chi connectivity index (χ1) is 8.92. The molecule has 1 unspecified atom stereocenters. The predicted molar refractivity (Wildman–Crippen MR) is 73.8 cm³/mol. The van der Waals surface area contributed by atoms with Gasteiger partial charge in [-0.15, -0.1) is 0 Å². The van der Waals surface area contributed by atoms with Crippen molar-refractivity contribution in [2.45, 2.75) is 50.7 Å². The van der Waals surface area contributed by atoms with Crippen LogP contribution in [0.1, 0.15) is 36.8 Å². The number of benzene rings is 1. The van der Waals surface area contributed by atoms with Gasteiger partial charge in [-0.1, -0.05) is 24.3 Å². The average molecular weight is 245 g/mol. The van der Waals surface area contributed by atoms with Gasteiger partial charge in [0.25, 0.3) is 0 Å². The fourth-order valence-electron chi connectivity index (χ4n) is 3.19. The van der Waals surface area contributed by atoms with E-state index in [1.165, 1.54) is 49.7 Å². The Morgan fingerprint density at radius 3 is 2.56 bits per heavy atom. The van der Waals surface area contributed by atoms with Crippen LogP contribution in [0.2, 0.25) is 0 Å². The van der Waals surface area contributed by atoms with Gasteiger partial charge >= 0.3 is 0 Å². The van der Waals surface area contributed by atoms with Gasteiger partial charge in [0, 0.05) is 12.6 Å². The Kier molecular flexibility index (Phi) is 3.96. The molecule has 3 rings (SSSR count). The highest BCUT2D eigenvalue weighted by molar-refractivity contribution is 5.33. The van der Waals surface area contributed by atoms with E-state index in [0.717, 1.165) is 13.2 Å². The molecule has 0 aromatic heterocycles. The van der Waals surface area contributed by atoms with Crippen molar-refractivity contribution < 1.29 is 4.74 Å². The monoisotopic (exact) mass is 245 g/mol. The van der Waals surface area contributed by atoms with Crippen LogP contribution in [0, 0.1) is 0 Å². The lowest BCUT2D eigenvalue weighted by molar-refractivity contribution is 0.0112. The molecular weight excluding hydrogens is 222 g/mol. The van der Waals surface area contributed by atoms with Crippen LogP contribution in [-0.4, -0.2) is 25.3 Å². The Bertz CT molecular complexity index is 359. The van der Waals surface area contributed by atoms with Crippen LogP contribution in [0.3, 0.4) is 0 Å². The summed E-state index contributed by atoms with van der Waals surface area (Å²) >= 11 is 0. The molecule has 1 atom stereocenters. The molecule has 0 bridgehead atoms. The third-order valence-electron chi connectivity index (χ3n) is 4.22. The quantitative estimate of drug-likeness (QED) is 0.880. The van der Waals surface area contributed by atoms with E-state index in [1.54, 1.807) is 0 Å². The van der Waals surface area contributed by atoms with E-state index in [2.05, 4.69) is 29.6 Å². The summed E-state index contributed by atoms with van der Waals surface area (Å²) < 4.78 is 5.76. The molecule has 1 saturated heterocycles. The van der Waals surface area contributed by atoms with E-state index < -0.39 is 0 Å². The number of rotatable bonds is 4. The van der Waals surface area contributed by atoms with Gasteiger partial charge in [0.1, 0.15) is 0 Å². The standard InChI is InChI=1S/C16H23NO/c1-2-6-14-12-15(11-13(14)5-1)17-9-8-16-7-3-4-10-18-16/h1-2,5-6,15-17H,3-4,7-12H2. The van der Waals surface area contributed by atoms with Crippen LogP contribution in [0.25, 0.3) is 0 Å². The maximum atomic E-state index is 5.76. The molecule has 1 aliphatic heterocycles. The number of hydrogen-bond donors (Lipinski definition) is 1. The van der Waals surface area contributed by atoms with Gasteiger partial charge < -0.3 is 10.1 Å². The van der Waals surface area contributed by atoms with Gasteiger partial charge in [-0.2, -0.15) is 0 Å². The summed E-state index contributed by atoms with van der Waals surface area (Å²) in [6, 6.07) is 9.47. The lowest BCUT2D eigenvalue weighted by Gasteiger charge is -2.23. The zero-order chi connectivity index (χ0) is 12.2. The Hall–Kier alpha value is -0.860. The molecule has 98 valence electrons. The Morgan fingerprint density at radius 2 is 1.89 bits per heavy atom. The lowest BCUT2D eigenvalue weighted by atomic mass is 10.1. The van der Waals surface area contributed by atoms with Crippen molar-refractivity contribution in [2.75, 3.05) is 13.2 Å². The highest BCUT2D eigenvalue weighted by Gasteiger charge is 2.20. The number of hydrogen-bond acceptors (Lipinski definition) is 2. The van der Waals surface area contributed by atoms with Crippen LogP contribution >= 0.6 is 0 Å². The van der Waals surface area contributed by atoms with E-state index in [4.69, 9.17) is 4.74 Å². The molecule has 1 heterocycles. The van der Waals surface area contributed by atoms with Crippen molar-refractivity contribution in [2.24, 2.45) is 0 Å². The van der Waals surface area contributed by atoms with Gasteiger partial charge in [0.05, 0.1) is 6.10 Å². The minimum atomic E-state index is 0.509. The van der Waals surface area contributed by atoms with Gasteiger partial charge in [0.15, 0.2) is 0 Å². The predicted octanol–water partition coefficient (Wildman–Crippen LogP) is 2.70. The maximum Gasteiger partial charge on any atom is 0.0587 e. The fraction of sp³-hybridized carbons (Fsp3) is 0.625. The van der Waals surface area contributed by atoms with Crippen LogP contribution in [0.15, 0.2) is 24.3 Å². The van der Waals surface area contributed by atoms with Crippen LogP contribution in [-0.2, 0) is 17.6 Å². The summed E-state index contributed by atoms with van der Waals surface area (Å²) in [5, 5.41) is 3.70. The fourth-order valence-corrected chi connectivity index (χ4v) is 3.19. The summed E-state index contributed by atoms with van der Waals surface area (Å²) in [4.78, 5) is 0. The van der Waals surface area contributed by atoms with Crippen molar-refractivity contribution >= 4 is 0 Å². The molecule has 0 radical (unpaired) electrons. The van der Waals surface area contributed by atoms with Gasteiger partial charge in [-0.05, 0) is 56.2 Å². The highest BCUT2D eigenvalue weighted by Crippen LogP contribution is 2.22. The minimum Gasteiger partial charge on any atom is -0.378 e. The third kappa shape index (κ3) is 2.93. The first-order valence-electron chi connectivity index (χ1n) is 7.33. The summed E-state index contributed by atoms with van der Waals surface area (Å²) in [5.74, 6) is 0. The van der Waals surface area contributed by atoms with Gasteiger partial charge in [0.2, 0.25) is 0 Å². The second kappa shape index (κ2) is 5.85. The number of ether oxygens (including phenoxy) is 1. The SMILES string of the molecule is c1ccc2c(c1)CC(NCCC1CCCCO1)C2. The molecule has 0 saturated carbocycles. The van der Waals surface area contributed by atoms with Crippen molar-refractivity contribution in [3.63, 3.8) is 0 Å². The molecule has 2 nitrogen and oxygen atoms in total. The largest absolute Gasteiger partial charge is 0.378 e. The average Bonchev–Trinajstić information content (AvgIpc) is 2.82. The van der Waals surface area contributed by atoms with Crippen molar-refractivity contribution in [3.05, 3.63) is 35.4 Å². The molecule has 1 aromatic rings. The van der Waals surface area contributed by atoms with E-state index in [9.17, 15) is 0 Å².